The van der Waals surface area contributed by atoms with Crippen molar-refractivity contribution in [2.24, 2.45) is 17.7 Å². The maximum atomic E-state index is 5.75. The molecular weight excluding hydrogens is 358 g/mol. The van der Waals surface area contributed by atoms with Gasteiger partial charge in [0.1, 0.15) is 0 Å². The molecule has 1 aliphatic carbocycles. The molecule has 1 saturated carbocycles. The molecule has 0 aliphatic heterocycles. The minimum absolute atomic E-state index is 0.139. The predicted octanol–water partition coefficient (Wildman–Crippen LogP) is 3.94. The first kappa shape index (κ1) is 14.4. The number of nitrogens with zero attached hydrogens (tertiary/aromatic N) is 1. The van der Waals surface area contributed by atoms with Crippen molar-refractivity contribution in [1.29, 1.82) is 0 Å². The van der Waals surface area contributed by atoms with Crippen LogP contribution in [0.4, 0.5) is 0 Å². The maximum absolute atomic E-state index is 5.75. The van der Waals surface area contributed by atoms with Crippen molar-refractivity contribution >= 4 is 31.9 Å². The quantitative estimate of drug-likeness (QED) is 0.620. The fourth-order valence-electron chi connectivity index (χ4n) is 2.71. The van der Waals surface area contributed by atoms with Crippen LogP contribution in [0.5, 0.6) is 0 Å². The summed E-state index contributed by atoms with van der Waals surface area (Å²) in [5.41, 5.74) is 3.97. The Bertz CT molecular complexity index is 403. The molecule has 1 fully saturated rings. The topological polar surface area (TPSA) is 50.9 Å². The van der Waals surface area contributed by atoms with E-state index in [4.69, 9.17) is 5.84 Å². The molecule has 0 spiro atoms. The summed E-state index contributed by atoms with van der Waals surface area (Å²) in [5.74, 6) is 7.18. The Kier molecular flexibility index (Phi) is 5.18. The van der Waals surface area contributed by atoms with Gasteiger partial charge in [0.2, 0.25) is 0 Å². The van der Waals surface area contributed by atoms with Gasteiger partial charge in [0.25, 0.3) is 0 Å². The molecule has 0 amide bonds. The zero-order valence-electron chi connectivity index (χ0n) is 10.5. The van der Waals surface area contributed by atoms with Crippen molar-refractivity contribution in [3.63, 3.8) is 0 Å². The highest BCUT2D eigenvalue weighted by atomic mass is 79.9. The van der Waals surface area contributed by atoms with E-state index in [-0.39, 0.29) is 6.04 Å². The fourth-order valence-corrected chi connectivity index (χ4v) is 3.95. The van der Waals surface area contributed by atoms with Crippen LogP contribution >= 0.6 is 31.9 Å². The molecule has 0 bridgehead atoms. The summed E-state index contributed by atoms with van der Waals surface area (Å²) < 4.78 is 1.99. The highest BCUT2D eigenvalue weighted by molar-refractivity contribution is 9.11. The molecule has 1 aromatic heterocycles. The van der Waals surface area contributed by atoms with Crippen molar-refractivity contribution < 1.29 is 0 Å². The van der Waals surface area contributed by atoms with Crippen LogP contribution in [0.3, 0.4) is 0 Å². The monoisotopic (exact) mass is 375 g/mol. The van der Waals surface area contributed by atoms with Gasteiger partial charge in [0.05, 0.1) is 11.7 Å². The van der Waals surface area contributed by atoms with Crippen LogP contribution < -0.4 is 11.3 Å². The molecule has 18 heavy (non-hydrogen) atoms. The van der Waals surface area contributed by atoms with Gasteiger partial charge in [-0.25, -0.2) is 0 Å². The van der Waals surface area contributed by atoms with E-state index in [0.29, 0.717) is 5.92 Å². The number of pyridine rings is 1. The third-order valence-electron chi connectivity index (χ3n) is 3.84. The third-order valence-corrected chi connectivity index (χ3v) is 4.91. The summed E-state index contributed by atoms with van der Waals surface area (Å²) in [7, 11) is 0. The number of aromatic nitrogens is 1. The van der Waals surface area contributed by atoms with Crippen molar-refractivity contribution in [1.82, 2.24) is 10.4 Å². The summed E-state index contributed by atoms with van der Waals surface area (Å²) in [4.78, 5) is 4.51. The zero-order valence-corrected chi connectivity index (χ0v) is 13.7. The average molecular weight is 377 g/mol. The van der Waals surface area contributed by atoms with E-state index in [2.05, 4.69) is 49.2 Å². The fraction of sp³-hybridized carbons (Fsp3) is 0.615. The number of halogens is 2. The molecule has 100 valence electrons. The molecule has 0 aromatic carbocycles. The minimum atomic E-state index is 0.139. The van der Waals surface area contributed by atoms with Crippen LogP contribution in [0, 0.1) is 11.8 Å². The van der Waals surface area contributed by atoms with E-state index in [0.717, 1.165) is 20.6 Å². The largest absolute Gasteiger partial charge is 0.271 e. The second-order valence-corrected chi connectivity index (χ2v) is 6.95. The SMILES string of the molecule is CC1CCC(C(NN)c2ncc(Br)cc2Br)CC1. The van der Waals surface area contributed by atoms with Crippen molar-refractivity contribution in [3.8, 4) is 0 Å². The number of hydrogen-bond donors (Lipinski definition) is 2. The third kappa shape index (κ3) is 3.32. The second-order valence-electron chi connectivity index (χ2n) is 5.18. The van der Waals surface area contributed by atoms with Crippen LogP contribution in [0.15, 0.2) is 21.2 Å². The van der Waals surface area contributed by atoms with Gasteiger partial charge in [0.15, 0.2) is 0 Å². The first-order valence-electron chi connectivity index (χ1n) is 6.39. The summed E-state index contributed by atoms with van der Waals surface area (Å²) in [5, 5.41) is 0. The molecule has 2 rings (SSSR count). The molecule has 5 heteroatoms. The van der Waals surface area contributed by atoms with E-state index >= 15 is 0 Å². The molecule has 1 aliphatic rings. The minimum Gasteiger partial charge on any atom is -0.271 e. The molecule has 0 radical (unpaired) electrons. The Labute approximate surface area is 125 Å². The number of hydrazine groups is 1. The van der Waals surface area contributed by atoms with Gasteiger partial charge in [-0.15, -0.1) is 0 Å². The normalized spacial score (nSPS) is 26.0. The van der Waals surface area contributed by atoms with Gasteiger partial charge in [-0.05, 0) is 62.6 Å². The van der Waals surface area contributed by atoms with Gasteiger partial charge in [-0.3, -0.25) is 16.3 Å². The first-order valence-corrected chi connectivity index (χ1v) is 7.97. The van der Waals surface area contributed by atoms with E-state index in [9.17, 15) is 0 Å². The van der Waals surface area contributed by atoms with Crippen molar-refractivity contribution in [3.05, 3.63) is 26.9 Å². The lowest BCUT2D eigenvalue weighted by Gasteiger charge is -2.32. The van der Waals surface area contributed by atoms with Gasteiger partial charge in [0, 0.05) is 15.1 Å². The van der Waals surface area contributed by atoms with Crippen molar-refractivity contribution in [2.75, 3.05) is 0 Å². The van der Waals surface area contributed by atoms with Crippen molar-refractivity contribution in [2.45, 2.75) is 38.6 Å². The van der Waals surface area contributed by atoms with Crippen LogP contribution in [0.25, 0.3) is 0 Å². The van der Waals surface area contributed by atoms with Crippen LogP contribution in [-0.4, -0.2) is 4.98 Å². The number of rotatable bonds is 3. The Morgan fingerprint density at radius 1 is 1.33 bits per heavy atom. The lowest BCUT2D eigenvalue weighted by Crippen LogP contribution is -2.36. The molecular formula is C13H19Br2N3. The average Bonchev–Trinajstić information content (AvgIpc) is 2.35. The van der Waals surface area contributed by atoms with Gasteiger partial charge >= 0.3 is 0 Å². The molecule has 1 aromatic rings. The predicted molar refractivity (Wildman–Crippen MR) is 80.8 cm³/mol. The summed E-state index contributed by atoms with van der Waals surface area (Å²) in [6, 6.07) is 2.16. The molecule has 3 nitrogen and oxygen atoms in total. The molecule has 1 heterocycles. The first-order chi connectivity index (χ1) is 8.61. The molecule has 3 N–H and O–H groups in total. The van der Waals surface area contributed by atoms with E-state index < -0.39 is 0 Å². The zero-order chi connectivity index (χ0) is 13.1. The number of nitrogens with two attached hydrogens (primary N) is 1. The summed E-state index contributed by atoms with van der Waals surface area (Å²) >= 11 is 7.01. The summed E-state index contributed by atoms with van der Waals surface area (Å²) in [6.45, 7) is 2.33. The molecule has 1 unspecified atom stereocenters. The number of hydrogen-bond acceptors (Lipinski definition) is 3. The van der Waals surface area contributed by atoms with Gasteiger partial charge < -0.3 is 0 Å². The lowest BCUT2D eigenvalue weighted by molar-refractivity contribution is 0.229. The Hall–Kier alpha value is 0.0300. The lowest BCUT2D eigenvalue weighted by atomic mass is 9.78. The van der Waals surface area contributed by atoms with Crippen LogP contribution in [0.1, 0.15) is 44.3 Å². The van der Waals surface area contributed by atoms with E-state index in [1.54, 1.807) is 0 Å². The van der Waals surface area contributed by atoms with Gasteiger partial charge in [-0.1, -0.05) is 19.8 Å². The Balaban J connectivity index is 2.17. The number of nitrogens with one attached hydrogen (secondary N) is 1. The molecule has 0 saturated heterocycles. The highest BCUT2D eigenvalue weighted by Gasteiger charge is 2.28. The Morgan fingerprint density at radius 3 is 2.56 bits per heavy atom. The Morgan fingerprint density at radius 2 is 2.00 bits per heavy atom. The standard InChI is InChI=1S/C13H19Br2N3/c1-8-2-4-9(5-3-8)12(18-16)13-11(15)6-10(14)7-17-13/h6-9,12,18H,2-5,16H2,1H3. The molecule has 1 atom stereocenters. The van der Waals surface area contributed by atoms with Crippen LogP contribution in [0.2, 0.25) is 0 Å². The van der Waals surface area contributed by atoms with Gasteiger partial charge in [-0.2, -0.15) is 0 Å². The highest BCUT2D eigenvalue weighted by Crippen LogP contribution is 2.38. The smallest absolute Gasteiger partial charge is 0.0732 e. The van der Waals surface area contributed by atoms with E-state index in [1.165, 1.54) is 25.7 Å². The maximum Gasteiger partial charge on any atom is 0.0732 e. The van der Waals surface area contributed by atoms with E-state index in [1.807, 2.05) is 12.3 Å². The summed E-state index contributed by atoms with van der Waals surface area (Å²) in [6.07, 6.45) is 6.85. The second kappa shape index (κ2) is 6.46. The van der Waals surface area contributed by atoms with Crippen LogP contribution in [-0.2, 0) is 0 Å².